The smallest absolute Gasteiger partial charge is 0.308 e. The van der Waals surface area contributed by atoms with Gasteiger partial charge in [-0.2, -0.15) is 0 Å². The molecule has 0 aromatic heterocycles. The van der Waals surface area contributed by atoms with Crippen LogP contribution in [0.15, 0.2) is 12.1 Å². The summed E-state index contributed by atoms with van der Waals surface area (Å²) in [6, 6.07) is 3.01. The summed E-state index contributed by atoms with van der Waals surface area (Å²) in [6.07, 6.45) is 3.73. The average Bonchev–Trinajstić information content (AvgIpc) is 3.63. The zero-order valence-corrected chi connectivity index (χ0v) is 22.1. The lowest BCUT2D eigenvalue weighted by Crippen LogP contribution is -2.49. The molecule has 4 N–H and O–H groups in total. The number of nitrogens with two attached hydrogens (primary N) is 1. The minimum Gasteiger partial charge on any atom is -0.481 e. The fourth-order valence-corrected chi connectivity index (χ4v) is 5.88. The van der Waals surface area contributed by atoms with E-state index in [1.165, 1.54) is 0 Å². The maximum atomic E-state index is 13.5. The van der Waals surface area contributed by atoms with Crippen molar-refractivity contribution in [3.63, 3.8) is 0 Å². The largest absolute Gasteiger partial charge is 0.481 e. The van der Waals surface area contributed by atoms with E-state index in [1.54, 1.807) is 17.0 Å². The molecule has 1 aromatic carbocycles. The lowest BCUT2D eigenvalue weighted by Gasteiger charge is -2.32. The maximum absolute atomic E-state index is 13.5. The molecule has 2 fully saturated rings. The number of carbonyl (C=O) groups excluding carboxylic acids is 2. The lowest BCUT2D eigenvalue weighted by atomic mass is 9.84. The maximum Gasteiger partial charge on any atom is 0.308 e. The first-order chi connectivity index (χ1) is 18.4. The molecular formula is C27H40N4O7. The Labute approximate surface area is 223 Å². The fraction of sp³-hybridized carbons (Fsp3) is 0.667. The van der Waals surface area contributed by atoms with Gasteiger partial charge in [0.05, 0.1) is 19.1 Å². The van der Waals surface area contributed by atoms with Crippen LogP contribution < -0.4 is 15.2 Å². The van der Waals surface area contributed by atoms with E-state index >= 15 is 0 Å². The molecule has 11 nitrogen and oxygen atoms in total. The summed E-state index contributed by atoms with van der Waals surface area (Å²) >= 11 is 0. The van der Waals surface area contributed by atoms with Crippen LogP contribution in [-0.4, -0.2) is 101 Å². The van der Waals surface area contributed by atoms with E-state index in [2.05, 4.69) is 6.92 Å². The second kappa shape index (κ2) is 12.8. The molecule has 3 atom stereocenters. The van der Waals surface area contributed by atoms with Gasteiger partial charge in [0, 0.05) is 56.7 Å². The molecule has 0 aliphatic carbocycles. The number of likely N-dealkylation sites (tertiary alicyclic amines) is 2. The number of carbonyl (C=O) groups is 3. The monoisotopic (exact) mass is 532 g/mol. The van der Waals surface area contributed by atoms with Gasteiger partial charge in [0.15, 0.2) is 11.5 Å². The van der Waals surface area contributed by atoms with Crippen LogP contribution in [0.4, 0.5) is 0 Å². The van der Waals surface area contributed by atoms with Crippen molar-refractivity contribution in [2.45, 2.75) is 57.6 Å². The van der Waals surface area contributed by atoms with Crippen LogP contribution in [0.3, 0.4) is 0 Å². The molecule has 210 valence electrons. The third-order valence-electron chi connectivity index (χ3n) is 7.89. The summed E-state index contributed by atoms with van der Waals surface area (Å²) in [5.41, 5.74) is 6.95. The zero-order chi connectivity index (χ0) is 27.2. The number of ether oxygens (including phenoxy) is 2. The first-order valence-corrected chi connectivity index (χ1v) is 13.6. The number of rotatable bonds is 13. The number of hydrogen-bond acceptors (Lipinski definition) is 8. The van der Waals surface area contributed by atoms with Crippen LogP contribution in [0.25, 0.3) is 0 Å². The second-order valence-corrected chi connectivity index (χ2v) is 10.4. The van der Waals surface area contributed by atoms with Crippen LogP contribution in [0.5, 0.6) is 11.5 Å². The Bertz CT molecular complexity index is 1010. The highest BCUT2D eigenvalue weighted by molar-refractivity contribution is 5.80. The van der Waals surface area contributed by atoms with Gasteiger partial charge in [-0.3, -0.25) is 19.3 Å². The third-order valence-corrected chi connectivity index (χ3v) is 7.89. The number of aliphatic carboxylic acids is 1. The Morgan fingerprint density at radius 1 is 1.21 bits per heavy atom. The number of unbranched alkanes of at least 4 members (excludes halogenated alkanes) is 1. The van der Waals surface area contributed by atoms with Crippen LogP contribution in [0, 0.1) is 5.92 Å². The fourth-order valence-electron chi connectivity index (χ4n) is 5.88. The van der Waals surface area contributed by atoms with E-state index < -0.39 is 23.8 Å². The predicted octanol–water partition coefficient (Wildman–Crippen LogP) is 0.976. The topological polar surface area (TPSA) is 146 Å². The van der Waals surface area contributed by atoms with Gasteiger partial charge in [-0.15, -0.1) is 0 Å². The van der Waals surface area contributed by atoms with Gasteiger partial charge >= 0.3 is 5.97 Å². The molecule has 3 heterocycles. The van der Waals surface area contributed by atoms with Crippen LogP contribution in [0.2, 0.25) is 0 Å². The van der Waals surface area contributed by atoms with Gasteiger partial charge in [-0.25, -0.2) is 0 Å². The Morgan fingerprint density at radius 3 is 2.66 bits per heavy atom. The third kappa shape index (κ3) is 6.05. The number of amides is 2. The molecule has 2 amide bonds. The normalized spacial score (nSPS) is 22.9. The molecule has 3 aliphatic heterocycles. The van der Waals surface area contributed by atoms with Crippen molar-refractivity contribution in [1.82, 2.24) is 14.7 Å². The number of carboxylic acid groups (broad SMARTS) is 1. The van der Waals surface area contributed by atoms with Gasteiger partial charge < -0.3 is 35.2 Å². The minimum absolute atomic E-state index is 0.0158. The summed E-state index contributed by atoms with van der Waals surface area (Å²) in [5.74, 6) is -1.39. The Kier molecular flexibility index (Phi) is 9.45. The van der Waals surface area contributed by atoms with Crippen molar-refractivity contribution in [1.29, 1.82) is 0 Å². The van der Waals surface area contributed by atoms with Gasteiger partial charge in [-0.05, 0) is 43.5 Å². The van der Waals surface area contributed by atoms with Crippen LogP contribution in [-0.2, 0) is 21.0 Å². The van der Waals surface area contributed by atoms with E-state index in [1.807, 2.05) is 9.80 Å². The van der Waals surface area contributed by atoms with Crippen LogP contribution >= 0.6 is 0 Å². The van der Waals surface area contributed by atoms with Gasteiger partial charge in [0.25, 0.3) is 0 Å². The van der Waals surface area contributed by atoms with Crippen molar-refractivity contribution in [3.8, 4) is 11.5 Å². The van der Waals surface area contributed by atoms with Crippen molar-refractivity contribution >= 4 is 17.8 Å². The number of fused-ring (bicyclic) bond motifs is 1. The van der Waals surface area contributed by atoms with Crippen molar-refractivity contribution in [3.05, 3.63) is 23.3 Å². The Morgan fingerprint density at radius 2 is 2.00 bits per heavy atom. The van der Waals surface area contributed by atoms with Gasteiger partial charge in [0.2, 0.25) is 18.6 Å². The zero-order valence-electron chi connectivity index (χ0n) is 22.1. The van der Waals surface area contributed by atoms with Gasteiger partial charge in [-0.1, -0.05) is 13.3 Å². The summed E-state index contributed by atoms with van der Waals surface area (Å²) in [7, 11) is 0. The van der Waals surface area contributed by atoms with E-state index in [-0.39, 0.29) is 38.3 Å². The lowest BCUT2D eigenvalue weighted by molar-refractivity contribution is -0.144. The quantitative estimate of drug-likeness (QED) is 0.338. The number of benzene rings is 1. The van der Waals surface area contributed by atoms with E-state index in [0.717, 1.165) is 19.3 Å². The molecule has 0 spiro atoms. The standard InChI is InChI=1S/C27H40N4O7/c1-2-3-8-29(10-5-7-28)24(34)15-31-13-20(18-11-19(16-32)26-22(12-18)37-17-38-26)25(27(35)36)21(31)14-30-9-4-6-23(30)33/h11-12,20-21,25,32H,2-10,13-17,28H2,1H3,(H,35,36)/t20-,21+,25-/m1/s1. The summed E-state index contributed by atoms with van der Waals surface area (Å²) < 4.78 is 11.1. The van der Waals surface area contributed by atoms with Crippen molar-refractivity contribution < 1.29 is 34.1 Å². The molecule has 3 aliphatic rings. The molecule has 4 rings (SSSR count). The highest BCUT2D eigenvalue weighted by atomic mass is 16.7. The first kappa shape index (κ1) is 28.1. The molecule has 0 radical (unpaired) electrons. The number of carboxylic acids is 1. The van der Waals surface area contributed by atoms with E-state index in [4.69, 9.17) is 15.2 Å². The molecule has 11 heteroatoms. The molecular weight excluding hydrogens is 492 g/mol. The number of aliphatic hydroxyl groups excluding tert-OH is 1. The minimum atomic E-state index is -0.976. The summed E-state index contributed by atoms with van der Waals surface area (Å²) in [5, 5.41) is 20.3. The summed E-state index contributed by atoms with van der Waals surface area (Å²) in [4.78, 5) is 44.2. The Hall–Kier alpha value is -2.89. The number of nitrogens with zero attached hydrogens (tertiary/aromatic N) is 3. The SMILES string of the molecule is CCCCN(CCCN)C(=O)CN1C[C@H](c2cc(CO)c3c(c2)OCO3)[C@@H](C(=O)O)[C@@H]1CN1CCCC1=O. The van der Waals surface area contributed by atoms with Gasteiger partial charge in [0.1, 0.15) is 0 Å². The Balaban J connectivity index is 1.64. The number of hydrogen-bond donors (Lipinski definition) is 3. The molecule has 0 saturated carbocycles. The average molecular weight is 533 g/mol. The molecule has 0 unspecified atom stereocenters. The van der Waals surface area contributed by atoms with Crippen molar-refractivity contribution in [2.24, 2.45) is 11.7 Å². The summed E-state index contributed by atoms with van der Waals surface area (Å²) in [6.45, 7) is 4.76. The van der Waals surface area contributed by atoms with E-state index in [9.17, 15) is 24.6 Å². The van der Waals surface area contributed by atoms with Crippen LogP contribution in [0.1, 0.15) is 56.1 Å². The molecule has 1 aromatic rings. The highest BCUT2D eigenvalue weighted by Crippen LogP contribution is 2.44. The molecule has 38 heavy (non-hydrogen) atoms. The molecule has 2 saturated heterocycles. The predicted molar refractivity (Wildman–Crippen MR) is 139 cm³/mol. The highest BCUT2D eigenvalue weighted by Gasteiger charge is 2.49. The van der Waals surface area contributed by atoms with Crippen molar-refractivity contribution in [2.75, 3.05) is 52.6 Å². The number of aliphatic hydroxyl groups is 1. The first-order valence-electron chi connectivity index (χ1n) is 13.6. The van der Waals surface area contributed by atoms with E-state index in [0.29, 0.717) is 68.2 Å². The molecule has 0 bridgehead atoms. The second-order valence-electron chi connectivity index (χ2n) is 10.4.